The van der Waals surface area contributed by atoms with Crippen molar-refractivity contribution in [3.8, 4) is 6.07 Å². The Balaban J connectivity index is 1.91. The van der Waals surface area contributed by atoms with Gasteiger partial charge in [-0.3, -0.25) is 5.01 Å². The molecule has 1 aromatic heterocycles. The van der Waals surface area contributed by atoms with Gasteiger partial charge in [-0.1, -0.05) is 48.5 Å². The zero-order chi connectivity index (χ0) is 17.6. The molecule has 0 saturated heterocycles. The first-order chi connectivity index (χ1) is 12.2. The Kier molecular flexibility index (Phi) is 4.96. The molecule has 0 unspecified atom stereocenters. The van der Waals surface area contributed by atoms with E-state index in [2.05, 4.69) is 18.2 Å². The third-order valence-corrected chi connectivity index (χ3v) is 4.25. The van der Waals surface area contributed by atoms with Crippen molar-refractivity contribution in [2.24, 2.45) is 12.1 Å². The van der Waals surface area contributed by atoms with Crippen molar-refractivity contribution in [3.05, 3.63) is 89.2 Å². The topological polar surface area (TPSA) is 44.3 Å². The van der Waals surface area contributed by atoms with Crippen molar-refractivity contribution in [3.63, 3.8) is 0 Å². The molecule has 0 spiro atoms. The van der Waals surface area contributed by atoms with Crippen LogP contribution in [0.25, 0.3) is 0 Å². The quantitative estimate of drug-likeness (QED) is 0.519. The number of rotatable bonds is 5. The van der Waals surface area contributed by atoms with Crippen LogP contribution in [-0.4, -0.2) is 10.8 Å². The Morgan fingerprint density at radius 3 is 2.32 bits per heavy atom. The average Bonchev–Trinajstić information content (AvgIpc) is 2.94. The summed E-state index contributed by atoms with van der Waals surface area (Å²) in [5, 5.41) is 15.8. The fourth-order valence-electron chi connectivity index (χ4n) is 2.65. The highest BCUT2D eigenvalue weighted by atomic mass is 15.4. The number of hydrazone groups is 1. The predicted molar refractivity (Wildman–Crippen MR) is 102 cm³/mol. The van der Waals surface area contributed by atoms with Gasteiger partial charge in [-0.25, -0.2) is 0 Å². The average molecular weight is 328 g/mol. The Labute approximate surface area is 148 Å². The minimum Gasteiger partial charge on any atom is -0.339 e. The van der Waals surface area contributed by atoms with Gasteiger partial charge >= 0.3 is 0 Å². The number of para-hydroxylation sites is 1. The van der Waals surface area contributed by atoms with Crippen LogP contribution in [0.2, 0.25) is 0 Å². The molecule has 3 rings (SSSR count). The van der Waals surface area contributed by atoms with Crippen LogP contribution in [0.3, 0.4) is 0 Å². The van der Waals surface area contributed by atoms with Crippen LogP contribution in [0.5, 0.6) is 0 Å². The van der Waals surface area contributed by atoms with Gasteiger partial charge in [0, 0.05) is 18.3 Å². The number of nitriles is 1. The minimum absolute atomic E-state index is 0.633. The number of hydrogen-bond acceptors (Lipinski definition) is 3. The molecule has 0 aliphatic heterocycles. The Morgan fingerprint density at radius 2 is 1.72 bits per heavy atom. The summed E-state index contributed by atoms with van der Waals surface area (Å²) in [7, 11) is 1.89. The zero-order valence-electron chi connectivity index (χ0n) is 14.4. The lowest BCUT2D eigenvalue weighted by Crippen LogP contribution is -2.16. The molecular formula is C21H20N4. The Hall–Kier alpha value is -3.32. The molecule has 0 atom stereocenters. The predicted octanol–water partition coefficient (Wildman–Crippen LogP) is 4.25. The van der Waals surface area contributed by atoms with Crippen molar-refractivity contribution in [2.75, 3.05) is 5.01 Å². The van der Waals surface area contributed by atoms with Crippen LogP contribution < -0.4 is 5.01 Å². The molecule has 0 aliphatic rings. The van der Waals surface area contributed by atoms with E-state index in [9.17, 15) is 5.26 Å². The minimum atomic E-state index is 0.633. The summed E-state index contributed by atoms with van der Waals surface area (Å²) < 4.78 is 1.88. The number of benzene rings is 2. The molecule has 0 aliphatic carbocycles. The summed E-state index contributed by atoms with van der Waals surface area (Å²) in [4.78, 5) is 0. The maximum atomic E-state index is 9.18. The van der Waals surface area contributed by atoms with Crippen LogP contribution in [0.15, 0.2) is 71.8 Å². The number of hydrogen-bond donors (Lipinski definition) is 0. The number of anilines is 1. The van der Waals surface area contributed by atoms with Gasteiger partial charge in [0.05, 0.1) is 18.4 Å². The van der Waals surface area contributed by atoms with E-state index in [1.54, 1.807) is 0 Å². The maximum absolute atomic E-state index is 9.18. The summed E-state index contributed by atoms with van der Waals surface area (Å²) >= 11 is 0. The molecule has 25 heavy (non-hydrogen) atoms. The smallest absolute Gasteiger partial charge is 0.120 e. The van der Waals surface area contributed by atoms with E-state index in [1.165, 1.54) is 5.56 Å². The lowest BCUT2D eigenvalue weighted by Gasteiger charge is -2.19. The summed E-state index contributed by atoms with van der Waals surface area (Å²) in [5.41, 5.74) is 4.82. The molecule has 4 nitrogen and oxygen atoms in total. The SMILES string of the molecule is Cc1c(/C=N\N(Cc2ccccc2)c2ccccc2)cc(C#N)n1C. The molecule has 4 heteroatoms. The molecule has 0 N–H and O–H groups in total. The van der Waals surface area contributed by atoms with Gasteiger partial charge < -0.3 is 4.57 Å². The third kappa shape index (κ3) is 3.78. The van der Waals surface area contributed by atoms with Gasteiger partial charge in [-0.2, -0.15) is 10.4 Å². The highest BCUT2D eigenvalue weighted by molar-refractivity contribution is 5.82. The van der Waals surface area contributed by atoms with Crippen molar-refractivity contribution in [2.45, 2.75) is 13.5 Å². The summed E-state index contributed by atoms with van der Waals surface area (Å²) in [6, 6.07) is 24.4. The Morgan fingerprint density at radius 1 is 1.08 bits per heavy atom. The first-order valence-electron chi connectivity index (χ1n) is 8.16. The zero-order valence-corrected chi connectivity index (χ0v) is 14.4. The van der Waals surface area contributed by atoms with Crippen LogP contribution in [0.1, 0.15) is 22.5 Å². The molecule has 0 saturated carbocycles. The van der Waals surface area contributed by atoms with E-state index in [0.717, 1.165) is 16.9 Å². The van der Waals surface area contributed by atoms with Gasteiger partial charge in [-0.15, -0.1) is 0 Å². The highest BCUT2D eigenvalue weighted by Crippen LogP contribution is 2.18. The van der Waals surface area contributed by atoms with E-state index in [-0.39, 0.29) is 0 Å². The monoisotopic (exact) mass is 328 g/mol. The van der Waals surface area contributed by atoms with Gasteiger partial charge in [-0.05, 0) is 30.7 Å². The van der Waals surface area contributed by atoms with Crippen LogP contribution in [0, 0.1) is 18.3 Å². The number of aromatic nitrogens is 1. The second-order valence-electron chi connectivity index (χ2n) is 5.86. The van der Waals surface area contributed by atoms with E-state index >= 15 is 0 Å². The van der Waals surface area contributed by atoms with E-state index in [4.69, 9.17) is 5.10 Å². The van der Waals surface area contributed by atoms with Crippen LogP contribution in [-0.2, 0) is 13.6 Å². The number of nitrogens with zero attached hydrogens (tertiary/aromatic N) is 4. The van der Waals surface area contributed by atoms with E-state index < -0.39 is 0 Å². The maximum Gasteiger partial charge on any atom is 0.120 e. The van der Waals surface area contributed by atoms with Gasteiger partial charge in [0.15, 0.2) is 0 Å². The van der Waals surface area contributed by atoms with Crippen molar-refractivity contribution in [1.82, 2.24) is 4.57 Å². The second-order valence-corrected chi connectivity index (χ2v) is 5.86. The molecule has 0 amide bonds. The first kappa shape index (κ1) is 16.5. The van der Waals surface area contributed by atoms with E-state index in [0.29, 0.717) is 12.2 Å². The van der Waals surface area contributed by atoms with E-state index in [1.807, 2.05) is 84.4 Å². The summed E-state index contributed by atoms with van der Waals surface area (Å²) in [6.45, 7) is 2.67. The summed E-state index contributed by atoms with van der Waals surface area (Å²) in [6.07, 6.45) is 1.83. The molecule has 0 bridgehead atoms. The molecule has 2 aromatic carbocycles. The third-order valence-electron chi connectivity index (χ3n) is 4.25. The first-order valence-corrected chi connectivity index (χ1v) is 8.16. The molecule has 0 radical (unpaired) electrons. The van der Waals surface area contributed by atoms with Crippen LogP contribution >= 0.6 is 0 Å². The molecular weight excluding hydrogens is 308 g/mol. The molecule has 124 valence electrons. The highest BCUT2D eigenvalue weighted by Gasteiger charge is 2.09. The van der Waals surface area contributed by atoms with Crippen molar-refractivity contribution >= 4 is 11.9 Å². The van der Waals surface area contributed by atoms with Gasteiger partial charge in [0.25, 0.3) is 0 Å². The molecule has 0 fully saturated rings. The summed E-state index contributed by atoms with van der Waals surface area (Å²) in [5.74, 6) is 0. The second kappa shape index (κ2) is 7.50. The van der Waals surface area contributed by atoms with Gasteiger partial charge in [0.1, 0.15) is 11.8 Å². The van der Waals surface area contributed by atoms with Crippen molar-refractivity contribution < 1.29 is 0 Å². The fourth-order valence-corrected chi connectivity index (χ4v) is 2.65. The molecule has 3 aromatic rings. The standard InChI is InChI=1S/C21H20N4/c1-17-19(13-21(14-22)24(17)2)15-23-25(20-11-7-4-8-12-20)16-18-9-5-3-6-10-18/h3-13,15H,16H2,1-2H3/b23-15-. The molecule has 1 heterocycles. The Bertz CT molecular complexity index is 902. The fraction of sp³-hybridized carbons (Fsp3) is 0.143. The van der Waals surface area contributed by atoms with Crippen LogP contribution in [0.4, 0.5) is 5.69 Å². The van der Waals surface area contributed by atoms with Crippen molar-refractivity contribution in [1.29, 1.82) is 5.26 Å². The lowest BCUT2D eigenvalue weighted by atomic mass is 10.2. The van der Waals surface area contributed by atoms with Gasteiger partial charge in [0.2, 0.25) is 0 Å². The lowest BCUT2D eigenvalue weighted by molar-refractivity contribution is 0.855. The largest absolute Gasteiger partial charge is 0.339 e. The normalized spacial score (nSPS) is 10.8.